The van der Waals surface area contributed by atoms with Crippen molar-refractivity contribution in [1.82, 2.24) is 5.32 Å². The Morgan fingerprint density at radius 3 is 2.48 bits per heavy atom. The Balaban J connectivity index is 2.09. The number of carbonyl (C=O) groups excluding carboxylic acids is 1. The van der Waals surface area contributed by atoms with Gasteiger partial charge in [-0.1, -0.05) is 43.7 Å². The van der Waals surface area contributed by atoms with Gasteiger partial charge < -0.3 is 10.4 Å². The molecule has 0 bridgehead atoms. The van der Waals surface area contributed by atoms with Crippen LogP contribution in [0.3, 0.4) is 0 Å². The highest BCUT2D eigenvalue weighted by molar-refractivity contribution is 5.89. The van der Waals surface area contributed by atoms with Gasteiger partial charge >= 0.3 is 5.97 Å². The van der Waals surface area contributed by atoms with E-state index < -0.39 is 11.4 Å². The lowest BCUT2D eigenvalue weighted by atomic mass is 9.79. The molecule has 1 aliphatic carbocycles. The summed E-state index contributed by atoms with van der Waals surface area (Å²) in [5.74, 6) is -0.674. The molecule has 0 heterocycles. The minimum atomic E-state index is -1.19. The Hall–Kier alpha value is -1.84. The van der Waals surface area contributed by atoms with Crippen LogP contribution in [-0.4, -0.2) is 23.0 Å². The standard InChI is InChI=1S/C17H23NO3/c1-12-7-6-10-14(12)18-15(19)11-17(2,16(20)21)13-8-4-3-5-9-13/h3-5,8-9,12,14H,6-7,10-11H2,1-2H3,(H,18,19)(H,20,21). The minimum Gasteiger partial charge on any atom is -0.481 e. The Morgan fingerprint density at radius 1 is 1.29 bits per heavy atom. The van der Waals surface area contributed by atoms with Gasteiger partial charge in [0.1, 0.15) is 0 Å². The van der Waals surface area contributed by atoms with E-state index in [9.17, 15) is 14.7 Å². The molecule has 3 atom stereocenters. The van der Waals surface area contributed by atoms with Crippen LogP contribution < -0.4 is 5.32 Å². The fourth-order valence-corrected chi connectivity index (χ4v) is 3.05. The number of carboxylic acids is 1. The van der Waals surface area contributed by atoms with Gasteiger partial charge in [0.05, 0.1) is 5.41 Å². The van der Waals surface area contributed by atoms with Crippen LogP contribution in [-0.2, 0) is 15.0 Å². The molecular weight excluding hydrogens is 266 g/mol. The van der Waals surface area contributed by atoms with Crippen molar-refractivity contribution in [3.05, 3.63) is 35.9 Å². The second kappa shape index (κ2) is 6.29. The lowest BCUT2D eigenvalue weighted by Gasteiger charge is -2.26. The maximum Gasteiger partial charge on any atom is 0.314 e. The van der Waals surface area contributed by atoms with Gasteiger partial charge in [-0.15, -0.1) is 0 Å². The monoisotopic (exact) mass is 289 g/mol. The molecule has 1 saturated carbocycles. The third-order valence-electron chi connectivity index (χ3n) is 4.60. The molecule has 4 heteroatoms. The fourth-order valence-electron chi connectivity index (χ4n) is 3.05. The molecule has 21 heavy (non-hydrogen) atoms. The Morgan fingerprint density at radius 2 is 1.95 bits per heavy atom. The lowest BCUT2D eigenvalue weighted by molar-refractivity contribution is -0.145. The third kappa shape index (κ3) is 3.43. The number of carbonyl (C=O) groups is 2. The molecule has 3 unspecified atom stereocenters. The zero-order valence-corrected chi connectivity index (χ0v) is 12.6. The number of hydrogen-bond donors (Lipinski definition) is 2. The summed E-state index contributed by atoms with van der Waals surface area (Å²) in [6.45, 7) is 3.74. The van der Waals surface area contributed by atoms with Crippen molar-refractivity contribution in [3.8, 4) is 0 Å². The first kappa shape index (κ1) is 15.5. The number of aliphatic carboxylic acids is 1. The molecule has 0 spiro atoms. The summed E-state index contributed by atoms with van der Waals surface area (Å²) >= 11 is 0. The van der Waals surface area contributed by atoms with Crippen molar-refractivity contribution >= 4 is 11.9 Å². The van der Waals surface area contributed by atoms with Crippen LogP contribution in [0.25, 0.3) is 0 Å². The zero-order chi connectivity index (χ0) is 15.5. The Labute approximate surface area is 125 Å². The molecular formula is C17H23NO3. The maximum atomic E-state index is 12.3. The molecule has 4 nitrogen and oxygen atoms in total. The van der Waals surface area contributed by atoms with Crippen molar-refractivity contribution < 1.29 is 14.7 Å². The van der Waals surface area contributed by atoms with E-state index in [4.69, 9.17) is 0 Å². The summed E-state index contributed by atoms with van der Waals surface area (Å²) in [7, 11) is 0. The summed E-state index contributed by atoms with van der Waals surface area (Å²) in [6, 6.07) is 9.15. The lowest BCUT2D eigenvalue weighted by Crippen LogP contribution is -2.43. The van der Waals surface area contributed by atoms with Gasteiger partial charge in [0, 0.05) is 12.5 Å². The second-order valence-corrected chi connectivity index (χ2v) is 6.26. The van der Waals surface area contributed by atoms with E-state index in [1.54, 1.807) is 31.2 Å². The zero-order valence-electron chi connectivity index (χ0n) is 12.6. The normalized spacial score (nSPS) is 24.3. The predicted molar refractivity (Wildman–Crippen MR) is 81.0 cm³/mol. The number of nitrogens with one attached hydrogen (secondary N) is 1. The van der Waals surface area contributed by atoms with Crippen LogP contribution in [0.2, 0.25) is 0 Å². The topological polar surface area (TPSA) is 66.4 Å². The molecule has 114 valence electrons. The van der Waals surface area contributed by atoms with E-state index in [1.165, 1.54) is 0 Å². The summed E-state index contributed by atoms with van der Waals surface area (Å²) in [5, 5.41) is 12.6. The largest absolute Gasteiger partial charge is 0.481 e. The molecule has 1 aromatic carbocycles. The van der Waals surface area contributed by atoms with Crippen LogP contribution in [0, 0.1) is 5.92 Å². The van der Waals surface area contributed by atoms with Gasteiger partial charge in [-0.3, -0.25) is 9.59 Å². The molecule has 2 N–H and O–H groups in total. The molecule has 0 aliphatic heterocycles. The SMILES string of the molecule is CC1CCCC1NC(=O)CC(C)(C(=O)O)c1ccccc1. The summed E-state index contributed by atoms with van der Waals surface area (Å²) < 4.78 is 0. The summed E-state index contributed by atoms with van der Waals surface area (Å²) in [6.07, 6.45) is 3.21. The first-order chi connectivity index (χ1) is 9.93. The molecule has 0 aromatic heterocycles. The summed E-state index contributed by atoms with van der Waals surface area (Å²) in [4.78, 5) is 23.9. The Kier molecular flexibility index (Phi) is 4.66. The van der Waals surface area contributed by atoms with Crippen LogP contribution >= 0.6 is 0 Å². The van der Waals surface area contributed by atoms with Crippen molar-refractivity contribution in [2.45, 2.75) is 51.0 Å². The molecule has 1 aromatic rings. The van der Waals surface area contributed by atoms with Gasteiger partial charge in [0.2, 0.25) is 5.91 Å². The first-order valence-electron chi connectivity index (χ1n) is 7.52. The molecule has 1 aliphatic rings. The quantitative estimate of drug-likeness (QED) is 0.876. The van der Waals surface area contributed by atoms with Gasteiger partial charge in [0.25, 0.3) is 0 Å². The van der Waals surface area contributed by atoms with Crippen molar-refractivity contribution in [2.75, 3.05) is 0 Å². The molecule has 1 fully saturated rings. The van der Waals surface area contributed by atoms with E-state index in [2.05, 4.69) is 12.2 Å². The molecule has 2 rings (SSSR count). The van der Waals surface area contributed by atoms with Crippen molar-refractivity contribution in [1.29, 1.82) is 0 Å². The number of amides is 1. The Bertz CT molecular complexity index is 514. The van der Waals surface area contributed by atoms with Gasteiger partial charge in [-0.2, -0.15) is 0 Å². The average molecular weight is 289 g/mol. The maximum absolute atomic E-state index is 12.3. The van der Waals surface area contributed by atoms with E-state index in [0.717, 1.165) is 19.3 Å². The minimum absolute atomic E-state index is 0.0322. The molecule has 1 amide bonds. The number of hydrogen-bond acceptors (Lipinski definition) is 2. The van der Waals surface area contributed by atoms with E-state index in [1.807, 2.05) is 6.07 Å². The van der Waals surface area contributed by atoms with Gasteiger partial charge in [-0.25, -0.2) is 0 Å². The van der Waals surface area contributed by atoms with Crippen LogP contribution in [0.4, 0.5) is 0 Å². The van der Waals surface area contributed by atoms with Crippen molar-refractivity contribution in [2.24, 2.45) is 5.92 Å². The molecule has 0 saturated heterocycles. The van der Waals surface area contributed by atoms with Crippen molar-refractivity contribution in [3.63, 3.8) is 0 Å². The highest BCUT2D eigenvalue weighted by atomic mass is 16.4. The van der Waals surface area contributed by atoms with E-state index >= 15 is 0 Å². The second-order valence-electron chi connectivity index (χ2n) is 6.26. The number of carboxylic acid groups (broad SMARTS) is 1. The predicted octanol–water partition coefficient (Wildman–Crippen LogP) is 2.72. The van der Waals surface area contributed by atoms with Gasteiger partial charge in [-0.05, 0) is 31.2 Å². The summed E-state index contributed by atoms with van der Waals surface area (Å²) in [5.41, 5.74) is -0.528. The highest BCUT2D eigenvalue weighted by Crippen LogP contribution is 2.29. The number of rotatable bonds is 5. The van der Waals surface area contributed by atoms with E-state index in [-0.39, 0.29) is 18.4 Å². The van der Waals surface area contributed by atoms with Crippen LogP contribution in [0.5, 0.6) is 0 Å². The van der Waals surface area contributed by atoms with Crippen LogP contribution in [0.15, 0.2) is 30.3 Å². The van der Waals surface area contributed by atoms with Gasteiger partial charge in [0.15, 0.2) is 0 Å². The average Bonchev–Trinajstić information content (AvgIpc) is 2.84. The molecule has 0 radical (unpaired) electrons. The third-order valence-corrected chi connectivity index (χ3v) is 4.60. The fraction of sp³-hybridized carbons (Fsp3) is 0.529. The number of benzene rings is 1. The van der Waals surface area contributed by atoms with Crippen LogP contribution in [0.1, 0.15) is 45.1 Å². The first-order valence-corrected chi connectivity index (χ1v) is 7.52. The highest BCUT2D eigenvalue weighted by Gasteiger charge is 2.38. The smallest absolute Gasteiger partial charge is 0.314 e. The van der Waals surface area contributed by atoms with E-state index in [0.29, 0.717) is 11.5 Å².